The lowest BCUT2D eigenvalue weighted by molar-refractivity contribution is 0.0919. The molecule has 0 aliphatic heterocycles. The number of H-pyrrole nitrogens is 1. The van der Waals surface area contributed by atoms with E-state index in [-0.39, 0.29) is 18.3 Å². The summed E-state index contributed by atoms with van der Waals surface area (Å²) >= 11 is 0. The maximum Gasteiger partial charge on any atom is 0.287 e. The Balaban J connectivity index is 1.31. The van der Waals surface area contributed by atoms with Crippen molar-refractivity contribution in [2.24, 2.45) is 0 Å². The zero-order valence-electron chi connectivity index (χ0n) is 16.0. The van der Waals surface area contributed by atoms with E-state index >= 15 is 0 Å². The molecule has 0 radical (unpaired) electrons. The third-order valence-corrected chi connectivity index (χ3v) is 4.48. The van der Waals surface area contributed by atoms with Crippen molar-refractivity contribution in [2.45, 2.75) is 13.2 Å². The summed E-state index contributed by atoms with van der Waals surface area (Å²) in [6.45, 7) is 0.505. The molecule has 1 amide bonds. The van der Waals surface area contributed by atoms with Gasteiger partial charge in [0.25, 0.3) is 5.91 Å². The van der Waals surface area contributed by atoms with Crippen LogP contribution in [0.1, 0.15) is 27.4 Å². The van der Waals surface area contributed by atoms with Crippen molar-refractivity contribution in [3.05, 3.63) is 95.6 Å². The molecule has 0 aliphatic carbocycles. The fourth-order valence-corrected chi connectivity index (χ4v) is 2.90. The van der Waals surface area contributed by atoms with Crippen LogP contribution < -0.4 is 10.1 Å². The molecule has 148 valence electrons. The molecular weight excluding hydrogens is 380 g/mol. The Kier molecular flexibility index (Phi) is 5.58. The first-order valence-corrected chi connectivity index (χ1v) is 9.30. The van der Waals surface area contributed by atoms with Crippen molar-refractivity contribution in [3.63, 3.8) is 0 Å². The molecule has 2 heterocycles. The highest BCUT2D eigenvalue weighted by atomic mass is 16.5. The molecule has 7 heteroatoms. The number of furan rings is 1. The second-order valence-corrected chi connectivity index (χ2v) is 6.51. The average molecular weight is 398 g/mol. The molecule has 2 aromatic carbocycles. The third kappa shape index (κ3) is 4.39. The second-order valence-electron chi connectivity index (χ2n) is 6.51. The first kappa shape index (κ1) is 19.0. The van der Waals surface area contributed by atoms with Gasteiger partial charge in [-0.1, -0.05) is 36.4 Å². The van der Waals surface area contributed by atoms with Gasteiger partial charge in [0, 0.05) is 12.7 Å². The lowest BCUT2D eigenvalue weighted by Crippen LogP contribution is -2.22. The predicted octanol–water partition coefficient (Wildman–Crippen LogP) is 4.05. The van der Waals surface area contributed by atoms with Crippen LogP contribution in [0, 0.1) is 11.3 Å². The van der Waals surface area contributed by atoms with E-state index in [1.807, 2.05) is 30.3 Å². The SMILES string of the molecule is N#Cc1ccccc1OCc1ccc(C(=O)NCc2ccc(-c3ccn[nH]3)cc2)o1. The molecule has 0 saturated heterocycles. The van der Waals surface area contributed by atoms with Gasteiger partial charge in [-0.2, -0.15) is 10.4 Å². The van der Waals surface area contributed by atoms with Gasteiger partial charge in [0.15, 0.2) is 5.76 Å². The highest BCUT2D eigenvalue weighted by molar-refractivity contribution is 5.91. The number of nitrogens with zero attached hydrogens (tertiary/aromatic N) is 2. The molecule has 0 atom stereocenters. The number of hydrogen-bond acceptors (Lipinski definition) is 5. The average Bonchev–Trinajstić information content (AvgIpc) is 3.49. The van der Waals surface area contributed by atoms with Crippen molar-refractivity contribution in [1.82, 2.24) is 15.5 Å². The number of aromatic nitrogens is 2. The Hall–Kier alpha value is -4.31. The van der Waals surface area contributed by atoms with Gasteiger partial charge in [-0.05, 0) is 41.5 Å². The van der Waals surface area contributed by atoms with Crippen LogP contribution in [0.15, 0.2) is 77.3 Å². The summed E-state index contributed by atoms with van der Waals surface area (Å²) in [5.41, 5.74) is 3.37. The Bertz CT molecular complexity index is 1170. The minimum absolute atomic E-state index is 0.126. The van der Waals surface area contributed by atoms with Crippen LogP contribution in [0.5, 0.6) is 5.75 Å². The van der Waals surface area contributed by atoms with E-state index in [1.54, 1.807) is 42.6 Å². The van der Waals surface area contributed by atoms with Gasteiger partial charge in [-0.25, -0.2) is 0 Å². The highest BCUT2D eigenvalue weighted by Gasteiger charge is 2.12. The lowest BCUT2D eigenvalue weighted by atomic mass is 10.1. The number of ether oxygens (including phenoxy) is 1. The summed E-state index contributed by atoms with van der Waals surface area (Å²) in [7, 11) is 0. The maximum absolute atomic E-state index is 12.4. The van der Waals surface area contributed by atoms with Gasteiger partial charge in [0.1, 0.15) is 24.2 Å². The summed E-state index contributed by atoms with van der Waals surface area (Å²) in [4.78, 5) is 12.4. The maximum atomic E-state index is 12.4. The summed E-state index contributed by atoms with van der Waals surface area (Å²) in [5, 5.41) is 18.8. The van der Waals surface area contributed by atoms with E-state index in [1.165, 1.54) is 0 Å². The fourth-order valence-electron chi connectivity index (χ4n) is 2.90. The largest absolute Gasteiger partial charge is 0.484 e. The number of nitriles is 1. The zero-order chi connectivity index (χ0) is 20.8. The van der Waals surface area contributed by atoms with Crippen molar-refractivity contribution in [3.8, 4) is 23.1 Å². The first-order chi connectivity index (χ1) is 14.7. The molecular formula is C23H18N4O3. The van der Waals surface area contributed by atoms with Gasteiger partial charge in [-0.3, -0.25) is 9.89 Å². The molecule has 30 heavy (non-hydrogen) atoms. The van der Waals surface area contributed by atoms with Crippen LogP contribution in [0.25, 0.3) is 11.3 Å². The van der Waals surface area contributed by atoms with Gasteiger partial charge in [0.2, 0.25) is 0 Å². The van der Waals surface area contributed by atoms with Crippen molar-refractivity contribution in [1.29, 1.82) is 5.26 Å². The third-order valence-electron chi connectivity index (χ3n) is 4.48. The molecule has 4 aromatic rings. The molecule has 0 saturated carbocycles. The Morgan fingerprint density at radius 2 is 1.93 bits per heavy atom. The molecule has 2 N–H and O–H groups in total. The summed E-state index contributed by atoms with van der Waals surface area (Å²) in [6.07, 6.45) is 1.70. The number of rotatable bonds is 7. The van der Waals surface area contributed by atoms with Gasteiger partial charge < -0.3 is 14.5 Å². The number of hydrogen-bond donors (Lipinski definition) is 2. The molecule has 0 aliphatic rings. The van der Waals surface area contributed by atoms with Crippen LogP contribution in [0.2, 0.25) is 0 Å². The van der Waals surface area contributed by atoms with E-state index in [0.717, 1.165) is 16.8 Å². The number of aromatic amines is 1. The lowest BCUT2D eigenvalue weighted by Gasteiger charge is -2.06. The molecule has 0 fully saturated rings. The normalized spacial score (nSPS) is 10.4. The number of nitrogens with one attached hydrogen (secondary N) is 2. The zero-order valence-corrected chi connectivity index (χ0v) is 16.0. The number of benzene rings is 2. The minimum atomic E-state index is -0.309. The van der Waals surface area contributed by atoms with Gasteiger partial charge >= 0.3 is 0 Å². The number of amides is 1. The quantitative estimate of drug-likeness (QED) is 0.489. The standard InChI is InChI=1S/C23H18N4O3/c24-13-18-3-1-2-4-21(18)29-15-19-9-10-22(30-19)23(28)25-14-16-5-7-17(8-6-16)20-11-12-26-27-20/h1-12H,14-15H2,(H,25,28)(H,26,27). The van der Waals surface area contributed by atoms with Crippen LogP contribution >= 0.6 is 0 Å². The number of carbonyl (C=O) groups is 1. The monoisotopic (exact) mass is 398 g/mol. The molecule has 2 aromatic heterocycles. The van der Waals surface area contributed by atoms with Crippen LogP contribution in [0.4, 0.5) is 0 Å². The van der Waals surface area contributed by atoms with E-state index < -0.39 is 0 Å². The molecule has 7 nitrogen and oxygen atoms in total. The Morgan fingerprint density at radius 1 is 1.10 bits per heavy atom. The number of carbonyl (C=O) groups excluding carboxylic acids is 1. The van der Waals surface area contributed by atoms with Crippen molar-refractivity contribution in [2.75, 3.05) is 0 Å². The van der Waals surface area contributed by atoms with Crippen molar-refractivity contribution >= 4 is 5.91 Å². The van der Waals surface area contributed by atoms with E-state index in [4.69, 9.17) is 14.4 Å². The van der Waals surface area contributed by atoms with E-state index in [2.05, 4.69) is 21.6 Å². The Morgan fingerprint density at radius 3 is 2.70 bits per heavy atom. The summed E-state index contributed by atoms with van der Waals surface area (Å²) in [6, 6.07) is 22.0. The predicted molar refractivity (Wildman–Crippen MR) is 109 cm³/mol. The van der Waals surface area contributed by atoms with Crippen molar-refractivity contribution < 1.29 is 13.9 Å². The highest BCUT2D eigenvalue weighted by Crippen LogP contribution is 2.19. The van der Waals surface area contributed by atoms with E-state index in [0.29, 0.717) is 23.6 Å². The Labute approximate surface area is 172 Å². The topological polar surface area (TPSA) is 104 Å². The van der Waals surface area contributed by atoms with Crippen LogP contribution in [-0.2, 0) is 13.2 Å². The molecule has 0 unspecified atom stereocenters. The summed E-state index contributed by atoms with van der Waals surface area (Å²) in [5.74, 6) is 0.866. The second kappa shape index (κ2) is 8.80. The fraction of sp³-hybridized carbons (Fsp3) is 0.0870. The van der Waals surface area contributed by atoms with Gasteiger partial charge in [0.05, 0.1) is 11.3 Å². The van der Waals surface area contributed by atoms with Crippen LogP contribution in [-0.4, -0.2) is 16.1 Å². The molecule has 4 rings (SSSR count). The van der Waals surface area contributed by atoms with Gasteiger partial charge in [-0.15, -0.1) is 0 Å². The minimum Gasteiger partial charge on any atom is -0.484 e. The number of para-hydroxylation sites is 1. The smallest absolute Gasteiger partial charge is 0.287 e. The summed E-state index contributed by atoms with van der Waals surface area (Å²) < 4.78 is 11.2. The molecule has 0 spiro atoms. The molecule has 0 bridgehead atoms. The van der Waals surface area contributed by atoms with E-state index in [9.17, 15) is 4.79 Å². The first-order valence-electron chi connectivity index (χ1n) is 9.30. The van der Waals surface area contributed by atoms with Crippen LogP contribution in [0.3, 0.4) is 0 Å².